The standard InChI is InChI=1S/C14H21ClN2O4/c1-14(2,3)21-13(20)17-7-11(18)12(19)8-4-9(15)6-10(16)5-8/h4-6,11-12,18-19H,7,16H2,1-3H3,(H,17,20). The molecule has 21 heavy (non-hydrogen) atoms. The molecule has 1 rings (SSSR count). The van der Waals surface area contributed by atoms with Gasteiger partial charge in [0.25, 0.3) is 0 Å². The van der Waals surface area contributed by atoms with Gasteiger partial charge in [-0.3, -0.25) is 0 Å². The Kier molecular flexibility index (Phi) is 5.83. The summed E-state index contributed by atoms with van der Waals surface area (Å²) in [7, 11) is 0. The van der Waals surface area contributed by atoms with E-state index >= 15 is 0 Å². The van der Waals surface area contributed by atoms with E-state index in [1.807, 2.05) is 0 Å². The summed E-state index contributed by atoms with van der Waals surface area (Å²) in [4.78, 5) is 11.5. The van der Waals surface area contributed by atoms with E-state index in [1.165, 1.54) is 18.2 Å². The lowest BCUT2D eigenvalue weighted by atomic mass is 10.0. The molecule has 2 unspecified atom stereocenters. The SMILES string of the molecule is CC(C)(C)OC(=O)NCC(O)C(O)c1cc(N)cc(Cl)c1. The second-order valence-corrected chi connectivity index (χ2v) is 6.15. The van der Waals surface area contributed by atoms with E-state index in [9.17, 15) is 15.0 Å². The fourth-order valence-electron chi connectivity index (χ4n) is 1.64. The van der Waals surface area contributed by atoms with Crippen LogP contribution in [0.15, 0.2) is 18.2 Å². The number of anilines is 1. The Morgan fingerprint density at radius 3 is 2.52 bits per heavy atom. The first kappa shape index (κ1) is 17.6. The predicted molar refractivity (Wildman–Crippen MR) is 81.1 cm³/mol. The summed E-state index contributed by atoms with van der Waals surface area (Å²) in [5.41, 5.74) is 5.74. The van der Waals surface area contributed by atoms with Crippen molar-refractivity contribution in [3.63, 3.8) is 0 Å². The van der Waals surface area contributed by atoms with Crippen molar-refractivity contribution in [3.05, 3.63) is 28.8 Å². The smallest absolute Gasteiger partial charge is 0.407 e. The number of alkyl carbamates (subject to hydrolysis) is 1. The first-order valence-electron chi connectivity index (χ1n) is 6.47. The molecule has 2 atom stereocenters. The molecule has 0 saturated carbocycles. The highest BCUT2D eigenvalue weighted by Crippen LogP contribution is 2.23. The van der Waals surface area contributed by atoms with E-state index in [-0.39, 0.29) is 6.54 Å². The number of aliphatic hydroxyl groups is 2. The summed E-state index contributed by atoms with van der Waals surface area (Å²) in [6.07, 6.45) is -3.10. The van der Waals surface area contributed by atoms with E-state index in [0.717, 1.165) is 0 Å². The molecule has 118 valence electrons. The Bertz CT molecular complexity index is 482. The highest BCUT2D eigenvalue weighted by Gasteiger charge is 2.22. The minimum atomic E-state index is -1.22. The third-order valence-corrected chi connectivity index (χ3v) is 2.72. The maximum atomic E-state index is 11.5. The number of hydrogen-bond donors (Lipinski definition) is 4. The molecule has 1 amide bonds. The number of benzene rings is 1. The molecule has 0 aliphatic heterocycles. The van der Waals surface area contributed by atoms with Gasteiger partial charge in [0.15, 0.2) is 0 Å². The molecule has 0 aliphatic carbocycles. The van der Waals surface area contributed by atoms with Gasteiger partial charge in [0, 0.05) is 17.3 Å². The van der Waals surface area contributed by atoms with Crippen molar-refractivity contribution < 1.29 is 19.7 Å². The molecule has 0 spiro atoms. The van der Waals surface area contributed by atoms with Crippen LogP contribution in [0.2, 0.25) is 5.02 Å². The van der Waals surface area contributed by atoms with Crippen LogP contribution in [0.3, 0.4) is 0 Å². The maximum absolute atomic E-state index is 11.5. The number of nitrogen functional groups attached to an aromatic ring is 1. The molecule has 0 heterocycles. The van der Waals surface area contributed by atoms with Gasteiger partial charge in [0.1, 0.15) is 17.8 Å². The molecule has 1 aromatic carbocycles. The molecule has 1 aromatic rings. The van der Waals surface area contributed by atoms with Crippen LogP contribution in [0.5, 0.6) is 0 Å². The topological polar surface area (TPSA) is 105 Å². The molecule has 5 N–H and O–H groups in total. The average Bonchev–Trinajstić information content (AvgIpc) is 2.31. The zero-order valence-corrected chi connectivity index (χ0v) is 13.0. The molecule has 0 fully saturated rings. The number of rotatable bonds is 4. The van der Waals surface area contributed by atoms with Gasteiger partial charge in [0.05, 0.1) is 0 Å². The summed E-state index contributed by atoms with van der Waals surface area (Å²) >= 11 is 5.84. The van der Waals surface area contributed by atoms with Crippen molar-refractivity contribution in [3.8, 4) is 0 Å². The van der Waals surface area contributed by atoms with Gasteiger partial charge in [-0.2, -0.15) is 0 Å². The Labute approximate surface area is 128 Å². The first-order chi connectivity index (χ1) is 9.58. The average molecular weight is 317 g/mol. The van der Waals surface area contributed by atoms with E-state index in [2.05, 4.69) is 5.32 Å². The quantitative estimate of drug-likeness (QED) is 0.634. The van der Waals surface area contributed by atoms with Gasteiger partial charge < -0.3 is 26.0 Å². The van der Waals surface area contributed by atoms with E-state index in [4.69, 9.17) is 22.1 Å². The maximum Gasteiger partial charge on any atom is 0.407 e. The lowest BCUT2D eigenvalue weighted by Crippen LogP contribution is -2.38. The number of amides is 1. The zero-order valence-electron chi connectivity index (χ0n) is 12.3. The Balaban J connectivity index is 2.58. The number of carbonyl (C=O) groups is 1. The van der Waals surface area contributed by atoms with Crippen molar-refractivity contribution in [1.29, 1.82) is 0 Å². The minimum absolute atomic E-state index is 0.164. The number of aliphatic hydroxyl groups excluding tert-OH is 2. The second kappa shape index (κ2) is 6.98. The Morgan fingerprint density at radius 1 is 1.38 bits per heavy atom. The lowest BCUT2D eigenvalue weighted by Gasteiger charge is -2.22. The summed E-state index contributed by atoms with van der Waals surface area (Å²) in [5.74, 6) is 0. The van der Waals surface area contributed by atoms with E-state index in [1.54, 1.807) is 20.8 Å². The number of carbonyl (C=O) groups excluding carboxylic acids is 1. The van der Waals surface area contributed by atoms with Crippen molar-refractivity contribution in [2.75, 3.05) is 12.3 Å². The normalized spacial score (nSPS) is 14.4. The van der Waals surface area contributed by atoms with Crippen LogP contribution >= 0.6 is 11.6 Å². The summed E-state index contributed by atoms with van der Waals surface area (Å²) < 4.78 is 5.03. The fourth-order valence-corrected chi connectivity index (χ4v) is 1.89. The van der Waals surface area contributed by atoms with Crippen LogP contribution in [0, 0.1) is 0 Å². The molecule has 0 radical (unpaired) electrons. The van der Waals surface area contributed by atoms with E-state index < -0.39 is 23.9 Å². The van der Waals surface area contributed by atoms with Crippen LogP contribution in [0.25, 0.3) is 0 Å². The predicted octanol–water partition coefficient (Wildman–Crippen LogP) is 1.84. The molecule has 0 bridgehead atoms. The Morgan fingerprint density at radius 2 is 2.00 bits per heavy atom. The molecule has 6 nitrogen and oxygen atoms in total. The number of ether oxygens (including phenoxy) is 1. The first-order valence-corrected chi connectivity index (χ1v) is 6.85. The van der Waals surface area contributed by atoms with Gasteiger partial charge in [-0.05, 0) is 44.5 Å². The van der Waals surface area contributed by atoms with Crippen molar-refractivity contribution in [2.45, 2.75) is 38.6 Å². The number of halogens is 1. The number of nitrogens with one attached hydrogen (secondary N) is 1. The fraction of sp³-hybridized carbons (Fsp3) is 0.500. The largest absolute Gasteiger partial charge is 0.444 e. The van der Waals surface area contributed by atoms with Gasteiger partial charge in [-0.25, -0.2) is 4.79 Å². The summed E-state index contributed by atoms with van der Waals surface area (Å²) in [5, 5.41) is 22.7. The molecular formula is C14H21ClN2O4. The van der Waals surface area contributed by atoms with Crippen molar-refractivity contribution in [1.82, 2.24) is 5.32 Å². The molecule has 0 saturated heterocycles. The molecule has 0 aliphatic rings. The van der Waals surface area contributed by atoms with Crippen LogP contribution in [-0.4, -0.2) is 34.6 Å². The van der Waals surface area contributed by atoms with Crippen LogP contribution < -0.4 is 11.1 Å². The zero-order chi connectivity index (χ0) is 16.2. The van der Waals surface area contributed by atoms with Crippen LogP contribution in [-0.2, 0) is 4.74 Å². The lowest BCUT2D eigenvalue weighted by molar-refractivity contribution is 0.0129. The molecule has 0 aromatic heterocycles. The monoisotopic (exact) mass is 316 g/mol. The minimum Gasteiger partial charge on any atom is -0.444 e. The summed E-state index contributed by atoms with van der Waals surface area (Å²) in [6, 6.07) is 4.54. The van der Waals surface area contributed by atoms with Gasteiger partial charge in [0.2, 0.25) is 0 Å². The Hall–Kier alpha value is -1.50. The molecule has 7 heteroatoms. The number of hydrogen-bond acceptors (Lipinski definition) is 5. The second-order valence-electron chi connectivity index (χ2n) is 5.71. The van der Waals surface area contributed by atoms with Gasteiger partial charge in [-0.1, -0.05) is 11.6 Å². The van der Waals surface area contributed by atoms with Gasteiger partial charge in [-0.15, -0.1) is 0 Å². The van der Waals surface area contributed by atoms with Crippen molar-refractivity contribution in [2.24, 2.45) is 0 Å². The van der Waals surface area contributed by atoms with Crippen LogP contribution in [0.4, 0.5) is 10.5 Å². The third-order valence-electron chi connectivity index (χ3n) is 2.50. The molecular weight excluding hydrogens is 296 g/mol. The van der Waals surface area contributed by atoms with Crippen molar-refractivity contribution >= 4 is 23.4 Å². The van der Waals surface area contributed by atoms with E-state index in [0.29, 0.717) is 16.3 Å². The van der Waals surface area contributed by atoms with Crippen LogP contribution in [0.1, 0.15) is 32.4 Å². The third kappa shape index (κ3) is 6.20. The van der Waals surface area contributed by atoms with Gasteiger partial charge >= 0.3 is 6.09 Å². The highest BCUT2D eigenvalue weighted by molar-refractivity contribution is 6.30. The number of nitrogens with two attached hydrogens (primary N) is 1. The highest BCUT2D eigenvalue weighted by atomic mass is 35.5. The summed E-state index contributed by atoms with van der Waals surface area (Å²) in [6.45, 7) is 5.02.